The lowest BCUT2D eigenvalue weighted by Crippen LogP contribution is -2.65. The van der Waals surface area contributed by atoms with Crippen molar-refractivity contribution in [2.24, 2.45) is 28.1 Å². The first-order valence-electron chi connectivity index (χ1n) is 11.6. The van der Waals surface area contributed by atoms with Crippen molar-refractivity contribution in [1.82, 2.24) is 0 Å². The van der Waals surface area contributed by atoms with Crippen molar-refractivity contribution in [3.63, 3.8) is 0 Å². The van der Waals surface area contributed by atoms with Crippen LogP contribution in [-0.2, 0) is 19.1 Å². The van der Waals surface area contributed by atoms with Crippen LogP contribution in [0.3, 0.4) is 0 Å². The van der Waals surface area contributed by atoms with Crippen molar-refractivity contribution in [2.75, 3.05) is 0 Å². The summed E-state index contributed by atoms with van der Waals surface area (Å²) < 4.78 is 19.2. The third kappa shape index (κ3) is 2.10. The standard InChI is InChI=1S/C26H29BrO5/c1-6-16-25(4)17(28)7-9-24(3)20(25)19(32-23(24)29)21-26(16,5)18-12(2)14(11-15(18)31-21)13-8-10-30-22(13)27/h7-10,14-16,19-21H,6,11H2,1-5H3/t14-,15-,16-,19-,20+,21-,24-,25+,26-/m1/s1. The predicted octanol–water partition coefficient (Wildman–Crippen LogP) is 5.35. The van der Waals surface area contributed by atoms with Crippen LogP contribution in [0.4, 0.5) is 0 Å². The van der Waals surface area contributed by atoms with Crippen molar-refractivity contribution >= 4 is 27.7 Å². The number of esters is 1. The van der Waals surface area contributed by atoms with E-state index in [1.165, 1.54) is 11.1 Å². The number of rotatable bonds is 2. The highest BCUT2D eigenvalue weighted by molar-refractivity contribution is 9.10. The van der Waals surface area contributed by atoms with E-state index >= 15 is 0 Å². The third-order valence-corrected chi connectivity index (χ3v) is 10.4. The summed E-state index contributed by atoms with van der Waals surface area (Å²) in [6.07, 6.45) is 6.13. The Hall–Kier alpha value is -1.66. The van der Waals surface area contributed by atoms with Crippen molar-refractivity contribution in [3.05, 3.63) is 45.9 Å². The molecule has 3 heterocycles. The van der Waals surface area contributed by atoms with E-state index in [1.54, 1.807) is 18.4 Å². The smallest absolute Gasteiger partial charge is 0.316 e. The van der Waals surface area contributed by atoms with Crippen molar-refractivity contribution in [2.45, 2.75) is 71.7 Å². The van der Waals surface area contributed by atoms with E-state index in [-0.39, 0.29) is 47.1 Å². The second kappa shape index (κ2) is 6.26. The van der Waals surface area contributed by atoms with E-state index in [9.17, 15) is 9.59 Å². The zero-order valence-corrected chi connectivity index (χ0v) is 20.7. The van der Waals surface area contributed by atoms with Crippen LogP contribution >= 0.6 is 15.9 Å². The minimum absolute atomic E-state index is 0.0387. The fourth-order valence-corrected chi connectivity index (χ4v) is 9.15. The molecule has 1 saturated carbocycles. The van der Waals surface area contributed by atoms with Crippen LogP contribution in [0.5, 0.6) is 0 Å². The number of ether oxygens (including phenoxy) is 2. The molecule has 6 heteroatoms. The van der Waals surface area contributed by atoms with Gasteiger partial charge < -0.3 is 13.9 Å². The van der Waals surface area contributed by atoms with Gasteiger partial charge in [-0.05, 0) is 59.8 Å². The van der Waals surface area contributed by atoms with Gasteiger partial charge in [-0.1, -0.05) is 38.8 Å². The highest BCUT2D eigenvalue weighted by atomic mass is 79.9. The maximum absolute atomic E-state index is 13.6. The van der Waals surface area contributed by atoms with Crippen LogP contribution in [0.2, 0.25) is 0 Å². The summed E-state index contributed by atoms with van der Waals surface area (Å²) in [4.78, 5) is 26.7. The van der Waals surface area contributed by atoms with Gasteiger partial charge in [0.15, 0.2) is 10.5 Å². The van der Waals surface area contributed by atoms with Crippen molar-refractivity contribution in [3.8, 4) is 0 Å². The van der Waals surface area contributed by atoms with Gasteiger partial charge in [0.05, 0.1) is 17.8 Å². The molecule has 5 aliphatic rings. The quantitative estimate of drug-likeness (QED) is 0.404. The van der Waals surface area contributed by atoms with E-state index < -0.39 is 16.9 Å². The number of hydrogen-bond donors (Lipinski definition) is 0. The molecular formula is C26H29BrO5. The normalized spacial score (nSPS) is 48.7. The Kier molecular flexibility index (Phi) is 4.09. The maximum atomic E-state index is 13.6. The average Bonchev–Trinajstić information content (AvgIpc) is 3.44. The number of fused-ring (bicyclic) bond motifs is 4. The molecule has 32 heavy (non-hydrogen) atoms. The Bertz CT molecular complexity index is 1120. The molecule has 170 valence electrons. The van der Waals surface area contributed by atoms with Crippen molar-refractivity contribution < 1.29 is 23.5 Å². The Morgan fingerprint density at radius 3 is 2.59 bits per heavy atom. The first-order chi connectivity index (χ1) is 15.1. The van der Waals surface area contributed by atoms with E-state index in [0.717, 1.165) is 23.1 Å². The van der Waals surface area contributed by atoms with Crippen molar-refractivity contribution in [1.29, 1.82) is 0 Å². The molecule has 0 amide bonds. The molecule has 9 atom stereocenters. The summed E-state index contributed by atoms with van der Waals surface area (Å²) in [7, 11) is 0. The molecule has 6 rings (SSSR count). The Labute approximate surface area is 196 Å². The fourth-order valence-electron chi connectivity index (χ4n) is 8.64. The summed E-state index contributed by atoms with van der Waals surface area (Å²) >= 11 is 3.55. The summed E-state index contributed by atoms with van der Waals surface area (Å²) in [6, 6.07) is 2.02. The Morgan fingerprint density at radius 1 is 1.19 bits per heavy atom. The molecule has 2 aliphatic heterocycles. The largest absolute Gasteiger partial charge is 0.459 e. The Morgan fingerprint density at radius 2 is 1.94 bits per heavy atom. The van der Waals surface area contributed by atoms with Gasteiger partial charge in [-0.2, -0.15) is 0 Å². The molecule has 0 N–H and O–H groups in total. The van der Waals surface area contributed by atoms with E-state index in [0.29, 0.717) is 0 Å². The van der Waals surface area contributed by atoms with E-state index in [1.807, 2.05) is 13.0 Å². The minimum Gasteiger partial charge on any atom is -0.459 e. The molecule has 0 unspecified atom stereocenters. The predicted molar refractivity (Wildman–Crippen MR) is 121 cm³/mol. The number of ketones is 1. The zero-order chi connectivity index (χ0) is 22.8. The molecular weight excluding hydrogens is 472 g/mol. The fraction of sp³-hybridized carbons (Fsp3) is 0.615. The van der Waals surface area contributed by atoms with Crippen LogP contribution in [0.1, 0.15) is 58.9 Å². The van der Waals surface area contributed by atoms with Gasteiger partial charge in [0.1, 0.15) is 12.2 Å². The lowest BCUT2D eigenvalue weighted by molar-refractivity contribution is -0.186. The second-order valence-corrected chi connectivity index (χ2v) is 11.7. The van der Waals surface area contributed by atoms with Crippen LogP contribution in [0, 0.1) is 28.1 Å². The SMILES string of the molecule is CC[C@H]1[C@]2(C)C3=C(C)[C@H](c4ccoc4Br)C[C@H]3O[C@@H]2[C@@H]2OC(=O)[C@]3(C)C=CC(=O)[C@@]1(C)[C@@H]23. The van der Waals surface area contributed by atoms with Crippen LogP contribution in [-0.4, -0.2) is 30.1 Å². The van der Waals surface area contributed by atoms with Gasteiger partial charge in [-0.3, -0.25) is 9.59 Å². The lowest BCUT2D eigenvalue weighted by atomic mass is 9.42. The minimum atomic E-state index is -0.781. The average molecular weight is 501 g/mol. The highest BCUT2D eigenvalue weighted by Crippen LogP contribution is 2.72. The molecule has 0 spiro atoms. The second-order valence-electron chi connectivity index (χ2n) is 10.9. The molecule has 1 aromatic heterocycles. The van der Waals surface area contributed by atoms with Gasteiger partial charge in [0, 0.05) is 28.2 Å². The number of carbonyl (C=O) groups excluding carboxylic acids is 2. The van der Waals surface area contributed by atoms with Gasteiger partial charge in [-0.15, -0.1) is 0 Å². The molecule has 0 radical (unpaired) electrons. The number of allylic oxidation sites excluding steroid dienone is 2. The van der Waals surface area contributed by atoms with Gasteiger partial charge in [0.2, 0.25) is 0 Å². The first kappa shape index (κ1) is 20.9. The van der Waals surface area contributed by atoms with E-state index in [4.69, 9.17) is 13.9 Å². The molecule has 0 bridgehead atoms. The molecule has 2 saturated heterocycles. The maximum Gasteiger partial charge on any atom is 0.316 e. The number of furan rings is 1. The lowest BCUT2D eigenvalue weighted by Gasteiger charge is -2.59. The van der Waals surface area contributed by atoms with Gasteiger partial charge in [0.25, 0.3) is 0 Å². The van der Waals surface area contributed by atoms with Gasteiger partial charge >= 0.3 is 5.97 Å². The van der Waals surface area contributed by atoms with Crippen LogP contribution in [0.25, 0.3) is 0 Å². The monoisotopic (exact) mass is 500 g/mol. The molecule has 3 aliphatic carbocycles. The van der Waals surface area contributed by atoms with E-state index in [2.05, 4.69) is 43.6 Å². The van der Waals surface area contributed by atoms with Gasteiger partial charge in [-0.25, -0.2) is 0 Å². The summed E-state index contributed by atoms with van der Waals surface area (Å²) in [6.45, 7) is 10.6. The Balaban J connectivity index is 1.56. The topological polar surface area (TPSA) is 65.7 Å². The van der Waals surface area contributed by atoms with Crippen LogP contribution in [0.15, 0.2) is 44.7 Å². The third-order valence-electron chi connectivity index (χ3n) is 9.79. The summed E-state index contributed by atoms with van der Waals surface area (Å²) in [5.41, 5.74) is 1.90. The summed E-state index contributed by atoms with van der Waals surface area (Å²) in [5, 5.41) is 0. The highest BCUT2D eigenvalue weighted by Gasteiger charge is 2.77. The first-order valence-corrected chi connectivity index (χ1v) is 12.4. The number of carbonyl (C=O) groups is 2. The van der Waals surface area contributed by atoms with Crippen LogP contribution < -0.4 is 0 Å². The molecule has 3 fully saturated rings. The molecule has 0 aromatic carbocycles. The number of hydrogen-bond acceptors (Lipinski definition) is 5. The molecule has 5 nitrogen and oxygen atoms in total. The zero-order valence-electron chi connectivity index (χ0n) is 19.1. The molecule has 1 aromatic rings. The number of halogens is 1. The summed E-state index contributed by atoms with van der Waals surface area (Å²) in [5.74, 6) is -0.0605.